The van der Waals surface area contributed by atoms with Gasteiger partial charge in [-0.05, 0) is 64.5 Å². The number of hydrogen-bond donors (Lipinski definition) is 2. The van der Waals surface area contributed by atoms with Gasteiger partial charge in [-0.2, -0.15) is 5.48 Å². The van der Waals surface area contributed by atoms with Gasteiger partial charge < -0.3 is 15.3 Å². The number of rotatable bonds is 14. The Balaban J connectivity index is 1.66. The van der Waals surface area contributed by atoms with Crippen LogP contribution < -0.4 is 11.2 Å². The number of imide groups is 2. The number of unbranched alkanes of at least 4 members (excludes halogenated alkanes) is 1. The zero-order chi connectivity index (χ0) is 31.2. The van der Waals surface area contributed by atoms with Crippen LogP contribution in [0.15, 0.2) is 24.3 Å². The normalized spacial score (nSPS) is 18.9. The van der Waals surface area contributed by atoms with Crippen LogP contribution in [0.5, 0.6) is 0 Å². The predicted octanol–water partition coefficient (Wildman–Crippen LogP) is 2.15. The Bertz CT molecular complexity index is 1190. The van der Waals surface area contributed by atoms with Crippen molar-refractivity contribution in [3.63, 3.8) is 0 Å². The van der Waals surface area contributed by atoms with Gasteiger partial charge in [0.15, 0.2) is 11.8 Å². The van der Waals surface area contributed by atoms with E-state index in [0.717, 1.165) is 4.90 Å². The smallest absolute Gasteiger partial charge is 0.337 e. The van der Waals surface area contributed by atoms with E-state index in [0.29, 0.717) is 29.1 Å². The number of carbonyl (C=O) groups excluding carboxylic acids is 6. The number of carbonyl (C=O) groups is 6. The minimum absolute atomic E-state index is 0.0370. The number of hydroxylamine groups is 1. The van der Waals surface area contributed by atoms with Gasteiger partial charge in [0.1, 0.15) is 0 Å². The van der Waals surface area contributed by atoms with Crippen LogP contribution in [0.25, 0.3) is 0 Å². The molecule has 2 atom stereocenters. The van der Waals surface area contributed by atoms with E-state index in [-0.39, 0.29) is 63.0 Å². The van der Waals surface area contributed by atoms with Gasteiger partial charge >= 0.3 is 5.97 Å². The Morgan fingerprint density at radius 2 is 1.67 bits per heavy atom. The summed E-state index contributed by atoms with van der Waals surface area (Å²) in [6, 6.07) is 4.84. The molecule has 0 radical (unpaired) electrons. The third-order valence-corrected chi connectivity index (χ3v) is 7.21. The summed E-state index contributed by atoms with van der Waals surface area (Å²) in [7, 11) is 0. The summed E-state index contributed by atoms with van der Waals surface area (Å²) in [5.41, 5.74) is 7.92. The van der Waals surface area contributed by atoms with E-state index < -0.39 is 40.7 Å². The quantitative estimate of drug-likeness (QED) is 0.108. The van der Waals surface area contributed by atoms with E-state index in [1.54, 1.807) is 45.0 Å². The van der Waals surface area contributed by atoms with Gasteiger partial charge in [0, 0.05) is 24.9 Å². The summed E-state index contributed by atoms with van der Waals surface area (Å²) in [5, 5.41) is 0. The van der Waals surface area contributed by atoms with E-state index in [1.807, 2.05) is 13.8 Å². The van der Waals surface area contributed by atoms with Crippen LogP contribution in [0.2, 0.25) is 0 Å². The van der Waals surface area contributed by atoms with Gasteiger partial charge in [-0.15, -0.1) is 0 Å². The molecular weight excluding hydrogens is 544 g/mol. The third-order valence-electron chi connectivity index (χ3n) is 7.21. The largest absolute Gasteiger partial charge is 0.464 e. The molecule has 2 aliphatic heterocycles. The molecule has 230 valence electrons. The molecule has 0 saturated carbocycles. The fraction of sp³-hybridized carbons (Fsp3) is 0.600. The number of ketones is 1. The maximum atomic E-state index is 13.9. The topological polar surface area (TPSA) is 165 Å². The number of Topliss-reactive ketones (excluding diaryl/α,β-unsaturated/α-hetero) is 1. The van der Waals surface area contributed by atoms with Gasteiger partial charge in [0.25, 0.3) is 17.7 Å². The first kappa shape index (κ1) is 33.0. The second kappa shape index (κ2) is 13.7. The highest BCUT2D eigenvalue weighted by Gasteiger charge is 2.51. The van der Waals surface area contributed by atoms with E-state index in [1.165, 1.54) is 0 Å². The molecule has 0 aromatic heterocycles. The predicted molar refractivity (Wildman–Crippen MR) is 152 cm³/mol. The molecule has 1 unspecified atom stereocenters. The van der Waals surface area contributed by atoms with Crippen LogP contribution in [0.3, 0.4) is 0 Å². The molecule has 12 nitrogen and oxygen atoms in total. The molecule has 3 N–H and O–H groups in total. The van der Waals surface area contributed by atoms with Crippen LogP contribution in [0.4, 0.5) is 0 Å². The summed E-state index contributed by atoms with van der Waals surface area (Å²) in [4.78, 5) is 85.2. The van der Waals surface area contributed by atoms with Crippen molar-refractivity contribution in [1.29, 1.82) is 0 Å². The number of fused-ring (bicyclic) bond motifs is 1. The molecule has 1 fully saturated rings. The lowest BCUT2D eigenvalue weighted by molar-refractivity contribution is -0.170. The van der Waals surface area contributed by atoms with Crippen molar-refractivity contribution in [1.82, 2.24) is 15.3 Å². The van der Waals surface area contributed by atoms with Crippen LogP contribution in [-0.4, -0.2) is 82.1 Å². The SMILES string of the molecule is CCONC(C)(C)C[C@@](N)(CC(C)C)C(=O)N1C(=O)CCC(=O)C1C(=O)OCCCCN1C(=O)c2ccccc2C1=O. The first-order valence-electron chi connectivity index (χ1n) is 14.4. The van der Waals surface area contributed by atoms with Gasteiger partial charge in [0.05, 0.1) is 29.9 Å². The number of nitrogens with two attached hydrogens (primary N) is 1. The van der Waals surface area contributed by atoms with E-state index >= 15 is 0 Å². The van der Waals surface area contributed by atoms with Gasteiger partial charge in [-0.3, -0.25) is 33.8 Å². The highest BCUT2D eigenvalue weighted by molar-refractivity contribution is 6.21. The van der Waals surface area contributed by atoms with Crippen molar-refractivity contribution in [2.24, 2.45) is 11.7 Å². The number of piperidine rings is 1. The molecule has 42 heavy (non-hydrogen) atoms. The molecule has 0 spiro atoms. The zero-order valence-electron chi connectivity index (χ0n) is 25.1. The van der Waals surface area contributed by atoms with E-state index in [9.17, 15) is 28.8 Å². The fourth-order valence-electron chi connectivity index (χ4n) is 5.60. The Hall–Kier alpha value is -3.48. The van der Waals surface area contributed by atoms with E-state index in [2.05, 4.69) is 5.48 Å². The summed E-state index contributed by atoms with van der Waals surface area (Å²) in [5.74, 6) is -3.88. The number of likely N-dealkylation sites (tertiary alicyclic amines) is 1. The lowest BCUT2D eigenvalue weighted by Gasteiger charge is -2.42. The first-order valence-corrected chi connectivity index (χ1v) is 14.4. The molecule has 1 aromatic carbocycles. The fourth-order valence-corrected chi connectivity index (χ4v) is 5.60. The second-order valence-corrected chi connectivity index (χ2v) is 12.0. The molecule has 2 heterocycles. The van der Waals surface area contributed by atoms with Crippen LogP contribution in [-0.2, 0) is 28.8 Å². The van der Waals surface area contributed by atoms with Gasteiger partial charge in [-0.25, -0.2) is 4.79 Å². The Labute approximate surface area is 246 Å². The number of nitrogens with zero attached hydrogens (tertiary/aromatic N) is 2. The molecule has 0 aliphatic carbocycles. The van der Waals surface area contributed by atoms with Crippen molar-refractivity contribution >= 4 is 35.4 Å². The number of hydrogen-bond acceptors (Lipinski definition) is 10. The highest BCUT2D eigenvalue weighted by Crippen LogP contribution is 2.30. The molecule has 2 aliphatic rings. The second-order valence-electron chi connectivity index (χ2n) is 12.0. The molecule has 3 rings (SSSR count). The maximum Gasteiger partial charge on any atom is 0.337 e. The van der Waals surface area contributed by atoms with Crippen LogP contribution >= 0.6 is 0 Å². The molecule has 12 heteroatoms. The summed E-state index contributed by atoms with van der Waals surface area (Å²) in [6.45, 7) is 9.55. The average molecular weight is 587 g/mol. The maximum absolute atomic E-state index is 13.9. The van der Waals surface area contributed by atoms with Crippen LogP contribution in [0, 0.1) is 5.92 Å². The lowest BCUT2D eigenvalue weighted by atomic mass is 9.78. The molecule has 1 saturated heterocycles. The zero-order valence-corrected chi connectivity index (χ0v) is 25.1. The Morgan fingerprint density at radius 3 is 2.24 bits per heavy atom. The number of ether oxygens (including phenoxy) is 1. The summed E-state index contributed by atoms with van der Waals surface area (Å²) in [6.07, 6.45) is 0.484. The Kier molecular flexibility index (Phi) is 10.7. The minimum atomic E-state index is -1.73. The number of amides is 4. The minimum Gasteiger partial charge on any atom is -0.464 e. The lowest BCUT2D eigenvalue weighted by Crippen LogP contribution is -2.66. The average Bonchev–Trinajstić information content (AvgIpc) is 3.16. The molecular formula is C30H42N4O8. The van der Waals surface area contributed by atoms with Gasteiger partial charge in [0.2, 0.25) is 5.91 Å². The number of benzene rings is 1. The first-order chi connectivity index (χ1) is 19.7. The van der Waals surface area contributed by atoms with Crippen LogP contribution in [0.1, 0.15) is 93.9 Å². The van der Waals surface area contributed by atoms with Crippen molar-refractivity contribution in [2.45, 2.75) is 90.3 Å². The molecule has 0 bridgehead atoms. The van der Waals surface area contributed by atoms with Gasteiger partial charge in [-0.1, -0.05) is 26.0 Å². The summed E-state index contributed by atoms with van der Waals surface area (Å²) >= 11 is 0. The summed E-state index contributed by atoms with van der Waals surface area (Å²) < 4.78 is 5.34. The van der Waals surface area contributed by atoms with E-state index in [4.69, 9.17) is 15.3 Å². The third kappa shape index (κ3) is 7.47. The molecule has 1 aromatic rings. The van der Waals surface area contributed by atoms with Crippen molar-refractivity contribution in [3.05, 3.63) is 35.4 Å². The highest BCUT2D eigenvalue weighted by atomic mass is 16.6. The van der Waals surface area contributed by atoms with Crippen molar-refractivity contribution < 1.29 is 38.3 Å². The Morgan fingerprint density at radius 1 is 1.05 bits per heavy atom. The number of nitrogens with one attached hydrogen (secondary N) is 1. The monoisotopic (exact) mass is 586 g/mol. The van der Waals surface area contributed by atoms with Crippen molar-refractivity contribution in [3.8, 4) is 0 Å². The van der Waals surface area contributed by atoms with Crippen molar-refractivity contribution in [2.75, 3.05) is 19.8 Å². The molecule has 4 amide bonds. The standard InChI is InChI=1S/C30H42N4O8/c1-6-42-32-29(4,5)18-30(31,17-19(2)3)28(40)34-23(36)14-13-22(35)24(34)27(39)41-16-10-9-15-33-25(37)20-11-7-8-12-21(20)26(33)38/h7-8,11-12,19,24,32H,6,9-10,13-18,31H2,1-5H3/t24?,30-/m0/s1. The number of esters is 1.